The van der Waals surface area contributed by atoms with Gasteiger partial charge in [0.2, 0.25) is 0 Å². The fourth-order valence-electron chi connectivity index (χ4n) is 3.04. The molecule has 0 unspecified atom stereocenters. The van der Waals surface area contributed by atoms with E-state index in [4.69, 9.17) is 4.42 Å². The van der Waals surface area contributed by atoms with Crippen LogP contribution in [0.25, 0.3) is 10.2 Å². The number of alkyl halides is 2. The van der Waals surface area contributed by atoms with E-state index in [9.17, 15) is 13.6 Å². The van der Waals surface area contributed by atoms with Gasteiger partial charge in [0.05, 0.1) is 16.8 Å². The molecule has 1 fully saturated rings. The lowest BCUT2D eigenvalue weighted by Crippen LogP contribution is -2.18. The smallest absolute Gasteiger partial charge is 0.387 e. The Morgan fingerprint density at radius 3 is 2.89 bits per heavy atom. The second kappa shape index (κ2) is 7.61. The third kappa shape index (κ3) is 4.25. The lowest BCUT2D eigenvalue weighted by molar-refractivity contribution is -0.0497. The fraction of sp³-hybridized carbons (Fsp3) is 0.333. The van der Waals surface area contributed by atoms with Crippen molar-refractivity contribution in [2.75, 3.05) is 18.4 Å². The van der Waals surface area contributed by atoms with Crippen LogP contribution >= 0.6 is 11.3 Å². The minimum absolute atomic E-state index is 0.0524. The maximum absolute atomic E-state index is 12.4. The van der Waals surface area contributed by atoms with Gasteiger partial charge in [-0.3, -0.25) is 15.0 Å². The van der Waals surface area contributed by atoms with Gasteiger partial charge in [-0.2, -0.15) is 8.78 Å². The van der Waals surface area contributed by atoms with Crippen molar-refractivity contribution in [1.29, 1.82) is 0 Å². The molecule has 1 aromatic carbocycles. The highest BCUT2D eigenvalue weighted by Gasteiger charge is 2.17. The van der Waals surface area contributed by atoms with E-state index < -0.39 is 12.5 Å². The van der Waals surface area contributed by atoms with Gasteiger partial charge >= 0.3 is 6.61 Å². The molecule has 4 rings (SSSR count). The maximum atomic E-state index is 12.4. The van der Waals surface area contributed by atoms with E-state index in [0.717, 1.165) is 18.8 Å². The highest BCUT2D eigenvalue weighted by Crippen LogP contribution is 2.30. The van der Waals surface area contributed by atoms with Gasteiger partial charge in [-0.15, -0.1) is 0 Å². The van der Waals surface area contributed by atoms with E-state index in [1.165, 1.54) is 36.3 Å². The Morgan fingerprint density at radius 2 is 2.11 bits per heavy atom. The molecular formula is C18H17F2N3O3S. The molecule has 0 aliphatic carbocycles. The summed E-state index contributed by atoms with van der Waals surface area (Å²) in [5, 5.41) is 3.05. The highest BCUT2D eigenvalue weighted by atomic mass is 32.1. The Morgan fingerprint density at radius 1 is 1.30 bits per heavy atom. The minimum Gasteiger partial charge on any atom is -0.455 e. The molecule has 3 heterocycles. The SMILES string of the molecule is O=C(Nc1nc2ccc(OC(F)F)cc2s1)c1ccc(CN2CCCC2)o1. The minimum atomic E-state index is -2.89. The van der Waals surface area contributed by atoms with Crippen LogP contribution < -0.4 is 10.1 Å². The summed E-state index contributed by atoms with van der Waals surface area (Å²) in [7, 11) is 0. The molecule has 27 heavy (non-hydrogen) atoms. The lowest BCUT2D eigenvalue weighted by atomic mass is 10.3. The third-order valence-electron chi connectivity index (χ3n) is 4.27. The van der Waals surface area contributed by atoms with Crippen molar-refractivity contribution in [1.82, 2.24) is 9.88 Å². The van der Waals surface area contributed by atoms with Gasteiger partial charge in [0, 0.05) is 0 Å². The summed E-state index contributed by atoms with van der Waals surface area (Å²) < 4.78 is 35.3. The van der Waals surface area contributed by atoms with E-state index in [2.05, 4.69) is 19.9 Å². The molecule has 9 heteroatoms. The number of hydrogen-bond acceptors (Lipinski definition) is 6. The molecule has 1 aliphatic rings. The van der Waals surface area contributed by atoms with Crippen molar-refractivity contribution in [2.45, 2.75) is 26.0 Å². The normalized spacial score (nSPS) is 14.9. The number of thiazole rings is 1. The number of fused-ring (bicyclic) bond motifs is 1. The molecule has 142 valence electrons. The number of carbonyl (C=O) groups excluding carboxylic acids is 1. The second-order valence-corrected chi connectivity index (χ2v) is 7.26. The number of nitrogens with one attached hydrogen (secondary N) is 1. The van der Waals surface area contributed by atoms with E-state index in [0.29, 0.717) is 21.9 Å². The number of nitrogens with zero attached hydrogens (tertiary/aromatic N) is 2. The Bertz CT molecular complexity index is 950. The van der Waals surface area contributed by atoms with E-state index in [1.54, 1.807) is 18.2 Å². The third-order valence-corrected chi connectivity index (χ3v) is 5.20. The van der Waals surface area contributed by atoms with Crippen LogP contribution in [-0.4, -0.2) is 35.5 Å². The zero-order chi connectivity index (χ0) is 18.8. The predicted molar refractivity (Wildman–Crippen MR) is 97.4 cm³/mol. The molecule has 3 aromatic rings. The van der Waals surface area contributed by atoms with Gasteiger partial charge in [-0.05, 0) is 56.3 Å². The number of amides is 1. The summed E-state index contributed by atoms with van der Waals surface area (Å²) in [5.74, 6) is 0.618. The Labute approximate surface area is 157 Å². The topological polar surface area (TPSA) is 67.6 Å². The summed E-state index contributed by atoms with van der Waals surface area (Å²) >= 11 is 1.18. The summed E-state index contributed by atoms with van der Waals surface area (Å²) in [4.78, 5) is 18.9. The average Bonchev–Trinajstić information content (AvgIpc) is 3.35. The van der Waals surface area contributed by atoms with Gasteiger partial charge in [0.1, 0.15) is 11.5 Å². The van der Waals surface area contributed by atoms with Gasteiger partial charge in [0.15, 0.2) is 10.9 Å². The first-order valence-electron chi connectivity index (χ1n) is 8.55. The molecule has 0 atom stereocenters. The number of rotatable bonds is 6. The zero-order valence-corrected chi connectivity index (χ0v) is 15.1. The number of furan rings is 1. The molecule has 1 N–H and O–H groups in total. The predicted octanol–water partition coefficient (Wildman–Crippen LogP) is 4.34. The molecule has 0 bridgehead atoms. The number of benzene rings is 1. The van der Waals surface area contributed by atoms with Crippen LogP contribution in [0.2, 0.25) is 0 Å². The van der Waals surface area contributed by atoms with Crippen molar-refractivity contribution in [3.05, 3.63) is 41.9 Å². The van der Waals surface area contributed by atoms with Gasteiger partial charge in [-0.25, -0.2) is 4.98 Å². The molecule has 6 nitrogen and oxygen atoms in total. The molecule has 0 saturated carbocycles. The largest absolute Gasteiger partial charge is 0.455 e. The van der Waals surface area contributed by atoms with Gasteiger partial charge in [0.25, 0.3) is 5.91 Å². The second-order valence-electron chi connectivity index (χ2n) is 6.23. The Hall–Kier alpha value is -2.52. The summed E-state index contributed by atoms with van der Waals surface area (Å²) in [5.41, 5.74) is 0.589. The van der Waals surface area contributed by atoms with E-state index in [-0.39, 0.29) is 11.5 Å². The van der Waals surface area contributed by atoms with Crippen molar-refractivity contribution in [2.24, 2.45) is 0 Å². The highest BCUT2D eigenvalue weighted by molar-refractivity contribution is 7.22. The molecule has 1 saturated heterocycles. The first-order valence-corrected chi connectivity index (χ1v) is 9.36. The summed E-state index contributed by atoms with van der Waals surface area (Å²) in [6.07, 6.45) is 2.38. The number of aromatic nitrogens is 1. The van der Waals surface area contributed by atoms with E-state index >= 15 is 0 Å². The van der Waals surface area contributed by atoms with Crippen molar-refractivity contribution in [3.63, 3.8) is 0 Å². The molecule has 0 spiro atoms. The number of halogens is 2. The monoisotopic (exact) mass is 393 g/mol. The Balaban J connectivity index is 1.43. The van der Waals surface area contributed by atoms with Crippen LogP contribution in [-0.2, 0) is 6.54 Å². The summed E-state index contributed by atoms with van der Waals surface area (Å²) in [6, 6.07) is 7.90. The van der Waals surface area contributed by atoms with Crippen LogP contribution in [0.4, 0.5) is 13.9 Å². The number of hydrogen-bond donors (Lipinski definition) is 1. The van der Waals surface area contributed by atoms with Crippen LogP contribution in [0.15, 0.2) is 34.7 Å². The quantitative estimate of drug-likeness (QED) is 0.675. The maximum Gasteiger partial charge on any atom is 0.387 e. The van der Waals surface area contributed by atoms with Gasteiger partial charge < -0.3 is 9.15 Å². The average molecular weight is 393 g/mol. The van der Waals surface area contributed by atoms with E-state index in [1.807, 2.05) is 0 Å². The summed E-state index contributed by atoms with van der Waals surface area (Å²) in [6.45, 7) is -0.0965. The fourth-order valence-corrected chi connectivity index (χ4v) is 3.93. The van der Waals surface area contributed by atoms with Crippen molar-refractivity contribution < 1.29 is 22.7 Å². The first kappa shape index (κ1) is 17.9. The molecule has 0 radical (unpaired) electrons. The first-order chi connectivity index (χ1) is 13.1. The van der Waals surface area contributed by atoms with Crippen molar-refractivity contribution >= 4 is 32.6 Å². The molecule has 1 amide bonds. The lowest BCUT2D eigenvalue weighted by Gasteiger charge is -2.11. The molecule has 1 aliphatic heterocycles. The van der Waals surface area contributed by atoms with Crippen molar-refractivity contribution in [3.8, 4) is 5.75 Å². The Kier molecular flexibility index (Phi) is 5.04. The van der Waals surface area contributed by atoms with Crippen LogP contribution in [0, 0.1) is 0 Å². The van der Waals surface area contributed by atoms with Crippen LogP contribution in [0.5, 0.6) is 5.75 Å². The number of anilines is 1. The number of likely N-dealkylation sites (tertiary alicyclic amines) is 1. The number of ether oxygens (including phenoxy) is 1. The molecular weight excluding hydrogens is 376 g/mol. The standard InChI is InChI=1S/C18H17F2N3O3S/c19-17(20)26-11-3-5-13-15(9-11)27-18(21-13)22-16(24)14-6-4-12(25-14)10-23-7-1-2-8-23/h3-6,9,17H,1-2,7-8,10H2,(H,21,22,24). The van der Waals surface area contributed by atoms with Crippen LogP contribution in [0.1, 0.15) is 29.2 Å². The van der Waals surface area contributed by atoms with Crippen LogP contribution in [0.3, 0.4) is 0 Å². The molecule has 2 aromatic heterocycles. The zero-order valence-electron chi connectivity index (χ0n) is 14.3. The van der Waals surface area contributed by atoms with Gasteiger partial charge in [-0.1, -0.05) is 11.3 Å². The number of carbonyl (C=O) groups is 1.